The van der Waals surface area contributed by atoms with Crippen LogP contribution < -0.4 is 4.52 Å². The molecule has 0 aliphatic carbocycles. The van der Waals surface area contributed by atoms with Gasteiger partial charge in [-0.15, -0.1) is 4.52 Å². The summed E-state index contributed by atoms with van der Waals surface area (Å²) in [6.45, 7) is 2.75. The molecule has 0 heterocycles. The van der Waals surface area contributed by atoms with Crippen molar-refractivity contribution in [3.63, 3.8) is 0 Å². The van der Waals surface area contributed by atoms with Crippen LogP contribution >= 0.6 is 8.25 Å². The Morgan fingerprint density at radius 2 is 1.43 bits per heavy atom. The summed E-state index contributed by atoms with van der Waals surface area (Å²) < 4.78 is 21.9. The van der Waals surface area contributed by atoms with E-state index in [2.05, 4.69) is 6.92 Å². The van der Waals surface area contributed by atoms with Crippen LogP contribution in [-0.2, 0) is 9.09 Å². The van der Waals surface area contributed by atoms with Gasteiger partial charge in [0.2, 0.25) is 0 Å². The molecule has 0 spiro atoms. The van der Waals surface area contributed by atoms with Crippen molar-refractivity contribution in [1.29, 1.82) is 0 Å². The van der Waals surface area contributed by atoms with E-state index in [9.17, 15) is 4.57 Å². The van der Waals surface area contributed by atoms with Gasteiger partial charge in [0.15, 0.2) is 5.75 Å². The molecule has 0 aromatic heterocycles. The Hall–Kier alpha value is -0.920. The molecule has 118 valence electrons. The van der Waals surface area contributed by atoms with Crippen molar-refractivity contribution in [2.75, 3.05) is 6.61 Å². The zero-order valence-electron chi connectivity index (χ0n) is 13.1. The predicted octanol–water partition coefficient (Wildman–Crippen LogP) is 6.27. The quantitative estimate of drug-likeness (QED) is 0.318. The van der Waals surface area contributed by atoms with Gasteiger partial charge in [0.1, 0.15) is 6.61 Å². The van der Waals surface area contributed by atoms with E-state index in [0.717, 1.165) is 12.8 Å². The largest absolute Gasteiger partial charge is 0.750 e. The molecule has 3 nitrogen and oxygen atoms in total. The molecule has 0 amide bonds. The Balaban J connectivity index is 1.89. The summed E-state index contributed by atoms with van der Waals surface area (Å²) in [5, 5.41) is 0. The number of rotatable bonds is 13. The molecule has 0 N–H and O–H groups in total. The maximum atomic E-state index is 11.6. The lowest BCUT2D eigenvalue weighted by atomic mass is 10.1. The lowest BCUT2D eigenvalue weighted by molar-refractivity contribution is 0.277. The van der Waals surface area contributed by atoms with Gasteiger partial charge < -0.3 is 0 Å². The molecule has 0 radical (unpaired) electrons. The molecule has 0 saturated carbocycles. The summed E-state index contributed by atoms with van der Waals surface area (Å²) in [6, 6.07) is 9.13. The fraction of sp³-hybridized carbons (Fsp3) is 0.647. The van der Waals surface area contributed by atoms with Crippen LogP contribution in [0.5, 0.6) is 5.75 Å². The zero-order chi connectivity index (χ0) is 15.2. The minimum Gasteiger partial charge on any atom is -0.229 e. The van der Waals surface area contributed by atoms with Gasteiger partial charge in [-0.25, -0.2) is 4.52 Å². The normalized spacial score (nSPS) is 11.4. The van der Waals surface area contributed by atoms with Gasteiger partial charge in [0.25, 0.3) is 0 Å². The lowest BCUT2D eigenvalue weighted by Gasteiger charge is -2.00. The first-order valence-electron chi connectivity index (χ1n) is 8.16. The summed E-state index contributed by atoms with van der Waals surface area (Å²) in [5.41, 5.74) is 0. The molecule has 1 aromatic carbocycles. The van der Waals surface area contributed by atoms with E-state index in [1.165, 1.54) is 44.9 Å². The van der Waals surface area contributed by atoms with E-state index in [0.29, 0.717) is 12.4 Å². The SMILES string of the molecule is CCCCCCCCCCCO[P+](=O)Oc1ccccc1. The second-order valence-electron chi connectivity index (χ2n) is 5.29. The van der Waals surface area contributed by atoms with Crippen molar-refractivity contribution < 1.29 is 13.6 Å². The van der Waals surface area contributed by atoms with Gasteiger partial charge >= 0.3 is 8.25 Å². The van der Waals surface area contributed by atoms with Crippen molar-refractivity contribution in [1.82, 2.24) is 0 Å². The van der Waals surface area contributed by atoms with Crippen LogP contribution in [0.4, 0.5) is 0 Å². The van der Waals surface area contributed by atoms with Gasteiger partial charge in [-0.3, -0.25) is 0 Å². The van der Waals surface area contributed by atoms with E-state index in [1.54, 1.807) is 12.1 Å². The third kappa shape index (κ3) is 10.4. The van der Waals surface area contributed by atoms with E-state index in [1.807, 2.05) is 18.2 Å². The van der Waals surface area contributed by atoms with Gasteiger partial charge in [0, 0.05) is 4.57 Å². The average Bonchev–Trinajstić information content (AvgIpc) is 2.50. The molecule has 0 aliphatic heterocycles. The van der Waals surface area contributed by atoms with E-state index in [4.69, 9.17) is 9.05 Å². The third-order valence-electron chi connectivity index (χ3n) is 3.37. The van der Waals surface area contributed by atoms with Crippen molar-refractivity contribution >= 4 is 8.25 Å². The Kier molecular flexibility index (Phi) is 11.0. The fourth-order valence-electron chi connectivity index (χ4n) is 2.15. The Bertz CT molecular complexity index is 368. The summed E-state index contributed by atoms with van der Waals surface area (Å²) >= 11 is 0. The van der Waals surface area contributed by atoms with Crippen LogP contribution in [0, 0.1) is 0 Å². The van der Waals surface area contributed by atoms with Gasteiger partial charge in [-0.1, -0.05) is 76.5 Å². The van der Waals surface area contributed by atoms with Gasteiger partial charge in [0.05, 0.1) is 0 Å². The van der Waals surface area contributed by atoms with Crippen LogP contribution in [0.25, 0.3) is 0 Å². The topological polar surface area (TPSA) is 35.5 Å². The van der Waals surface area contributed by atoms with Crippen LogP contribution in [0.3, 0.4) is 0 Å². The van der Waals surface area contributed by atoms with Crippen molar-refractivity contribution in [3.8, 4) is 5.75 Å². The molecule has 1 unspecified atom stereocenters. The predicted molar refractivity (Wildman–Crippen MR) is 87.9 cm³/mol. The highest BCUT2D eigenvalue weighted by molar-refractivity contribution is 7.33. The Morgan fingerprint density at radius 1 is 0.857 bits per heavy atom. The van der Waals surface area contributed by atoms with Gasteiger partial charge in [-0.05, 0) is 18.6 Å². The van der Waals surface area contributed by atoms with Crippen LogP contribution in [0.1, 0.15) is 64.7 Å². The van der Waals surface area contributed by atoms with E-state index >= 15 is 0 Å². The standard InChI is InChI=1S/C17H28O3P/c1-2-3-4-5-6-7-8-9-13-16-19-21(18)20-17-14-11-10-12-15-17/h10-12,14-15H,2-9,13,16H2,1H3/q+1. The van der Waals surface area contributed by atoms with E-state index < -0.39 is 8.25 Å². The first kappa shape index (κ1) is 18.1. The molecule has 1 aromatic rings. The second kappa shape index (κ2) is 12.8. The minimum absolute atomic E-state index is 0.512. The highest BCUT2D eigenvalue weighted by Crippen LogP contribution is 2.27. The number of benzene rings is 1. The molecule has 21 heavy (non-hydrogen) atoms. The fourth-order valence-corrected chi connectivity index (χ4v) is 2.77. The maximum absolute atomic E-state index is 11.6. The van der Waals surface area contributed by atoms with Crippen LogP contribution in [0.15, 0.2) is 30.3 Å². The summed E-state index contributed by atoms with van der Waals surface area (Å²) in [6.07, 6.45) is 11.4. The molecule has 1 atom stereocenters. The maximum Gasteiger partial charge on any atom is 0.750 e. The second-order valence-corrected chi connectivity index (χ2v) is 6.18. The Morgan fingerprint density at radius 3 is 2.05 bits per heavy atom. The van der Waals surface area contributed by atoms with Crippen molar-refractivity contribution in [2.24, 2.45) is 0 Å². The number of hydrogen-bond acceptors (Lipinski definition) is 3. The number of unbranched alkanes of at least 4 members (excludes halogenated alkanes) is 8. The molecule has 0 fully saturated rings. The highest BCUT2D eigenvalue weighted by Gasteiger charge is 2.21. The third-order valence-corrected chi connectivity index (χ3v) is 4.12. The summed E-state index contributed by atoms with van der Waals surface area (Å²) in [4.78, 5) is 0. The number of para-hydroxylation sites is 1. The average molecular weight is 311 g/mol. The van der Waals surface area contributed by atoms with Crippen molar-refractivity contribution in [2.45, 2.75) is 64.7 Å². The smallest absolute Gasteiger partial charge is 0.229 e. The van der Waals surface area contributed by atoms with Crippen LogP contribution in [-0.4, -0.2) is 6.61 Å². The lowest BCUT2D eigenvalue weighted by Crippen LogP contribution is -1.91. The molecular weight excluding hydrogens is 283 g/mol. The molecule has 0 aliphatic rings. The molecule has 4 heteroatoms. The first-order valence-corrected chi connectivity index (χ1v) is 9.25. The van der Waals surface area contributed by atoms with Gasteiger partial charge in [-0.2, -0.15) is 0 Å². The van der Waals surface area contributed by atoms with Crippen molar-refractivity contribution in [3.05, 3.63) is 30.3 Å². The number of hydrogen-bond donors (Lipinski definition) is 0. The summed E-state index contributed by atoms with van der Waals surface area (Å²) in [5.74, 6) is 0.589. The van der Waals surface area contributed by atoms with E-state index in [-0.39, 0.29) is 0 Å². The van der Waals surface area contributed by atoms with Crippen LogP contribution in [0.2, 0.25) is 0 Å². The zero-order valence-corrected chi connectivity index (χ0v) is 14.0. The minimum atomic E-state index is -2.04. The monoisotopic (exact) mass is 311 g/mol. The Labute approximate surface area is 130 Å². The first-order chi connectivity index (χ1) is 10.3. The molecule has 1 rings (SSSR count). The molecular formula is C17H28O3P+. The molecule has 0 bridgehead atoms. The highest BCUT2D eigenvalue weighted by atomic mass is 31.1. The molecule has 0 saturated heterocycles. The summed E-state index contributed by atoms with van der Waals surface area (Å²) in [7, 11) is -2.04.